The Balaban J connectivity index is 0.00000420. The van der Waals surface area contributed by atoms with Gasteiger partial charge in [0.1, 0.15) is 0 Å². The zero-order valence-electron chi connectivity index (χ0n) is 17.4. The summed E-state index contributed by atoms with van der Waals surface area (Å²) in [6.45, 7) is 6.75. The Hall–Kier alpha value is -0.910. The zero-order chi connectivity index (χ0) is 20.2. The van der Waals surface area contributed by atoms with Crippen LogP contribution in [-0.4, -0.2) is 52.5 Å². The first-order valence-electron chi connectivity index (χ1n) is 10.2. The van der Waals surface area contributed by atoms with Gasteiger partial charge in [0.15, 0.2) is 5.96 Å². The summed E-state index contributed by atoms with van der Waals surface area (Å²) in [5.74, 6) is 0.620. The third kappa shape index (κ3) is 10.1. The highest BCUT2D eigenvalue weighted by Crippen LogP contribution is 2.12. The van der Waals surface area contributed by atoms with Crippen LogP contribution in [0.5, 0.6) is 0 Å². The first kappa shape index (κ1) is 26.1. The maximum absolute atomic E-state index is 12.2. The van der Waals surface area contributed by atoms with Crippen LogP contribution in [0.15, 0.2) is 29.3 Å². The number of hydrogen-bond donors (Lipinski definition) is 3. The first-order chi connectivity index (χ1) is 13.5. The minimum atomic E-state index is -3.34. The number of hydrogen-bond acceptors (Lipinski definition) is 4. The smallest absolute Gasteiger partial charge is 0.213 e. The summed E-state index contributed by atoms with van der Waals surface area (Å²) < 4.78 is 32.6. The average molecular weight is 538 g/mol. The average Bonchev–Trinajstić information content (AvgIpc) is 2.71. The predicted molar refractivity (Wildman–Crippen MR) is 129 cm³/mol. The van der Waals surface area contributed by atoms with Crippen LogP contribution in [0.4, 0.5) is 0 Å². The Labute approximate surface area is 192 Å². The maximum atomic E-state index is 12.2. The predicted octanol–water partition coefficient (Wildman–Crippen LogP) is 2.41. The lowest BCUT2D eigenvalue weighted by atomic mass is 10.1. The van der Waals surface area contributed by atoms with Crippen LogP contribution >= 0.6 is 24.0 Å². The van der Waals surface area contributed by atoms with E-state index in [0.717, 1.165) is 32.3 Å². The molecular formula is C20H35IN4O3S. The largest absolute Gasteiger partial charge is 0.377 e. The number of ether oxygens (including phenoxy) is 1. The zero-order valence-corrected chi connectivity index (χ0v) is 20.6. The summed E-state index contributed by atoms with van der Waals surface area (Å²) in [6, 6.07) is 8.23. The van der Waals surface area contributed by atoms with Crippen molar-refractivity contribution >= 4 is 40.0 Å². The van der Waals surface area contributed by atoms with Crippen LogP contribution in [-0.2, 0) is 27.7 Å². The standard InChI is InChI=1S/C20H34N4O3S.HI/c1-3-17-9-5-6-10-18(17)15-23-20(21-4-2)22-12-14-28(25,26)24-16-19-11-7-8-13-27-19;/h5-6,9-10,19,24H,3-4,7-8,11-16H2,1-2H3,(H2,21,22,23);1H. The molecule has 0 radical (unpaired) electrons. The van der Waals surface area contributed by atoms with Crippen molar-refractivity contribution in [2.24, 2.45) is 4.99 Å². The van der Waals surface area contributed by atoms with Gasteiger partial charge in [0.2, 0.25) is 10.0 Å². The van der Waals surface area contributed by atoms with E-state index in [4.69, 9.17) is 4.74 Å². The highest BCUT2D eigenvalue weighted by atomic mass is 127. The highest BCUT2D eigenvalue weighted by Gasteiger charge is 2.17. The molecule has 1 aromatic carbocycles. The number of guanidine groups is 1. The van der Waals surface area contributed by atoms with Gasteiger partial charge >= 0.3 is 0 Å². The van der Waals surface area contributed by atoms with Crippen LogP contribution in [0.1, 0.15) is 44.2 Å². The van der Waals surface area contributed by atoms with Crippen molar-refractivity contribution in [3.63, 3.8) is 0 Å². The van der Waals surface area contributed by atoms with E-state index in [0.29, 0.717) is 32.1 Å². The van der Waals surface area contributed by atoms with Gasteiger partial charge in [-0.3, -0.25) is 0 Å². The normalized spacial score (nSPS) is 17.4. The van der Waals surface area contributed by atoms with Gasteiger partial charge in [0.05, 0.1) is 18.4 Å². The second kappa shape index (κ2) is 14.2. The molecule has 0 spiro atoms. The van der Waals surface area contributed by atoms with E-state index in [-0.39, 0.29) is 35.8 Å². The Kier molecular flexibility index (Phi) is 12.8. The van der Waals surface area contributed by atoms with Crippen molar-refractivity contribution in [3.05, 3.63) is 35.4 Å². The van der Waals surface area contributed by atoms with Crippen molar-refractivity contribution in [2.75, 3.05) is 32.0 Å². The molecule has 1 atom stereocenters. The lowest BCUT2D eigenvalue weighted by Gasteiger charge is -2.22. The third-order valence-electron chi connectivity index (χ3n) is 4.72. The van der Waals surface area contributed by atoms with Crippen LogP contribution in [0.3, 0.4) is 0 Å². The Morgan fingerprint density at radius 3 is 2.59 bits per heavy atom. The Morgan fingerprint density at radius 2 is 1.93 bits per heavy atom. The van der Waals surface area contributed by atoms with E-state index in [1.165, 1.54) is 11.1 Å². The molecule has 1 unspecified atom stereocenters. The number of rotatable bonds is 10. The summed E-state index contributed by atoms with van der Waals surface area (Å²) in [5.41, 5.74) is 2.46. The van der Waals surface area contributed by atoms with E-state index < -0.39 is 10.0 Å². The molecule has 166 valence electrons. The van der Waals surface area contributed by atoms with Gasteiger partial charge in [-0.15, -0.1) is 24.0 Å². The summed E-state index contributed by atoms with van der Waals surface area (Å²) in [6.07, 6.45) is 4.02. The summed E-state index contributed by atoms with van der Waals surface area (Å²) in [4.78, 5) is 4.59. The van der Waals surface area contributed by atoms with Crippen LogP contribution in [0, 0.1) is 0 Å². The topological polar surface area (TPSA) is 91.8 Å². The molecule has 0 aliphatic carbocycles. The molecule has 1 aliphatic rings. The monoisotopic (exact) mass is 538 g/mol. The minimum Gasteiger partial charge on any atom is -0.377 e. The van der Waals surface area contributed by atoms with E-state index in [1.807, 2.05) is 19.1 Å². The van der Waals surface area contributed by atoms with E-state index >= 15 is 0 Å². The molecule has 9 heteroatoms. The van der Waals surface area contributed by atoms with Crippen molar-refractivity contribution in [1.29, 1.82) is 0 Å². The molecular weight excluding hydrogens is 503 g/mol. The van der Waals surface area contributed by atoms with Gasteiger partial charge < -0.3 is 15.4 Å². The number of nitrogens with one attached hydrogen (secondary N) is 3. The second-order valence-corrected chi connectivity index (χ2v) is 8.83. The van der Waals surface area contributed by atoms with Crippen LogP contribution < -0.4 is 15.4 Å². The van der Waals surface area contributed by atoms with Crippen molar-refractivity contribution < 1.29 is 13.2 Å². The van der Waals surface area contributed by atoms with Crippen LogP contribution in [0.2, 0.25) is 0 Å². The van der Waals surface area contributed by atoms with Gasteiger partial charge in [-0.25, -0.2) is 18.1 Å². The fourth-order valence-electron chi connectivity index (χ4n) is 3.13. The molecule has 1 fully saturated rings. The number of benzene rings is 1. The van der Waals surface area contributed by atoms with Gasteiger partial charge in [0.25, 0.3) is 0 Å². The number of aliphatic imine (C=N–C) groups is 1. The molecule has 29 heavy (non-hydrogen) atoms. The minimum absolute atomic E-state index is 0. The van der Waals surface area contributed by atoms with Crippen molar-refractivity contribution in [2.45, 2.75) is 52.2 Å². The molecule has 1 saturated heterocycles. The number of sulfonamides is 1. The molecule has 1 aliphatic heterocycles. The molecule has 0 bridgehead atoms. The molecule has 0 aromatic heterocycles. The number of nitrogens with zero attached hydrogens (tertiary/aromatic N) is 1. The van der Waals surface area contributed by atoms with Crippen molar-refractivity contribution in [3.8, 4) is 0 Å². The Bertz CT molecular complexity index is 722. The fourth-order valence-corrected chi connectivity index (χ4v) is 4.08. The molecule has 7 nitrogen and oxygen atoms in total. The lowest BCUT2D eigenvalue weighted by Crippen LogP contribution is -2.42. The lowest BCUT2D eigenvalue weighted by molar-refractivity contribution is 0.0200. The molecule has 0 amide bonds. The summed E-state index contributed by atoms with van der Waals surface area (Å²) >= 11 is 0. The second-order valence-electron chi connectivity index (χ2n) is 6.90. The summed E-state index contributed by atoms with van der Waals surface area (Å²) in [7, 11) is -3.34. The molecule has 1 heterocycles. The number of halogens is 1. The summed E-state index contributed by atoms with van der Waals surface area (Å²) in [5, 5.41) is 6.27. The van der Waals surface area contributed by atoms with E-state index in [1.54, 1.807) is 0 Å². The van der Waals surface area contributed by atoms with Crippen molar-refractivity contribution in [1.82, 2.24) is 15.4 Å². The fraction of sp³-hybridized carbons (Fsp3) is 0.650. The van der Waals surface area contributed by atoms with Crippen LogP contribution in [0.25, 0.3) is 0 Å². The highest BCUT2D eigenvalue weighted by molar-refractivity contribution is 14.0. The molecule has 2 rings (SSSR count). The van der Waals surface area contributed by atoms with E-state index in [9.17, 15) is 8.42 Å². The Morgan fingerprint density at radius 1 is 1.17 bits per heavy atom. The molecule has 0 saturated carbocycles. The van der Waals surface area contributed by atoms with E-state index in [2.05, 4.69) is 39.4 Å². The number of aryl methyl sites for hydroxylation is 1. The van der Waals surface area contributed by atoms with Gasteiger partial charge in [-0.1, -0.05) is 31.2 Å². The quantitative estimate of drug-likeness (QED) is 0.242. The van der Waals surface area contributed by atoms with Gasteiger partial charge in [-0.2, -0.15) is 0 Å². The maximum Gasteiger partial charge on any atom is 0.213 e. The SMILES string of the molecule is CCNC(=NCc1ccccc1CC)NCCS(=O)(=O)NCC1CCCCO1.I. The third-order valence-corrected chi connectivity index (χ3v) is 6.07. The molecule has 3 N–H and O–H groups in total. The molecule has 1 aromatic rings. The van der Waals surface area contributed by atoms with Gasteiger partial charge in [-0.05, 0) is 43.7 Å². The van der Waals surface area contributed by atoms with Gasteiger partial charge in [0, 0.05) is 26.2 Å². The first-order valence-corrected chi connectivity index (χ1v) is 11.9.